The number of rotatable bonds is 4. The predicted molar refractivity (Wildman–Crippen MR) is 83.3 cm³/mol. The van der Waals surface area contributed by atoms with Gasteiger partial charge in [-0.15, -0.1) is 0 Å². The maximum absolute atomic E-state index is 9.29. The van der Waals surface area contributed by atoms with Gasteiger partial charge in [0, 0.05) is 18.7 Å². The van der Waals surface area contributed by atoms with Crippen molar-refractivity contribution in [1.29, 1.82) is 0 Å². The molecule has 0 aromatic heterocycles. The molecule has 1 aliphatic rings. The standard InChI is InChI=1S/C17H35NO/c1-15(2,3)14(8-9-19)18-13-10-16(4,5)12-17(6,7)11-13/h13-14,18-19H,8-12H2,1-7H3. The molecule has 0 bridgehead atoms. The van der Waals surface area contributed by atoms with Crippen LogP contribution >= 0.6 is 0 Å². The van der Waals surface area contributed by atoms with Crippen molar-refractivity contribution in [3.05, 3.63) is 0 Å². The molecule has 1 fully saturated rings. The summed E-state index contributed by atoms with van der Waals surface area (Å²) in [4.78, 5) is 0. The summed E-state index contributed by atoms with van der Waals surface area (Å²) in [6.45, 7) is 16.6. The van der Waals surface area contributed by atoms with Crippen LogP contribution in [0.15, 0.2) is 0 Å². The predicted octanol–water partition coefficient (Wildman–Crippen LogP) is 3.98. The first-order chi connectivity index (χ1) is 8.45. The van der Waals surface area contributed by atoms with E-state index in [9.17, 15) is 5.11 Å². The van der Waals surface area contributed by atoms with Gasteiger partial charge in [0.15, 0.2) is 0 Å². The van der Waals surface area contributed by atoms with Crippen molar-refractivity contribution in [2.45, 2.75) is 86.2 Å². The second kappa shape index (κ2) is 5.73. The fourth-order valence-corrected chi connectivity index (χ4v) is 4.14. The molecule has 0 heterocycles. The molecule has 0 saturated heterocycles. The molecule has 0 aromatic carbocycles. The number of nitrogens with one attached hydrogen (secondary N) is 1. The third-order valence-corrected chi connectivity index (χ3v) is 4.46. The largest absolute Gasteiger partial charge is 0.396 e. The van der Waals surface area contributed by atoms with Gasteiger partial charge in [0.1, 0.15) is 0 Å². The Balaban J connectivity index is 2.73. The highest BCUT2D eigenvalue weighted by molar-refractivity contribution is 4.94. The molecule has 2 heteroatoms. The minimum atomic E-state index is 0.203. The number of aliphatic hydroxyl groups is 1. The lowest BCUT2D eigenvalue weighted by Gasteiger charge is -2.47. The topological polar surface area (TPSA) is 32.3 Å². The van der Waals surface area contributed by atoms with E-state index in [0.717, 1.165) is 6.42 Å². The monoisotopic (exact) mass is 269 g/mol. The van der Waals surface area contributed by atoms with Crippen molar-refractivity contribution < 1.29 is 5.11 Å². The van der Waals surface area contributed by atoms with Gasteiger partial charge in [0.25, 0.3) is 0 Å². The van der Waals surface area contributed by atoms with Crippen LogP contribution in [0.25, 0.3) is 0 Å². The Morgan fingerprint density at radius 2 is 1.58 bits per heavy atom. The van der Waals surface area contributed by atoms with Crippen molar-refractivity contribution in [2.24, 2.45) is 16.2 Å². The van der Waals surface area contributed by atoms with Crippen molar-refractivity contribution in [3.8, 4) is 0 Å². The van der Waals surface area contributed by atoms with Gasteiger partial charge in [-0.1, -0.05) is 48.5 Å². The Kier molecular flexibility index (Phi) is 5.12. The maximum atomic E-state index is 9.29. The molecule has 1 saturated carbocycles. The van der Waals surface area contributed by atoms with Crippen molar-refractivity contribution in [3.63, 3.8) is 0 Å². The molecule has 2 N–H and O–H groups in total. The molecule has 1 aliphatic carbocycles. The number of hydrogen-bond acceptors (Lipinski definition) is 2. The first-order valence-electron chi connectivity index (χ1n) is 7.82. The molecule has 0 aliphatic heterocycles. The van der Waals surface area contributed by atoms with Gasteiger partial charge in [-0.25, -0.2) is 0 Å². The zero-order valence-electron chi connectivity index (χ0n) is 14.1. The normalized spacial score (nSPS) is 25.3. The summed E-state index contributed by atoms with van der Waals surface area (Å²) in [6.07, 6.45) is 4.64. The molecule has 114 valence electrons. The van der Waals surface area contributed by atoms with Crippen molar-refractivity contribution in [2.75, 3.05) is 6.61 Å². The van der Waals surface area contributed by atoms with E-state index in [0.29, 0.717) is 22.9 Å². The quantitative estimate of drug-likeness (QED) is 0.809. The molecule has 0 aromatic rings. The Hall–Kier alpha value is -0.0800. The molecular weight excluding hydrogens is 234 g/mol. The molecule has 1 rings (SSSR count). The van der Waals surface area contributed by atoms with E-state index < -0.39 is 0 Å². The third-order valence-electron chi connectivity index (χ3n) is 4.46. The Labute approximate surface area is 120 Å². The van der Waals surface area contributed by atoms with Gasteiger partial charge < -0.3 is 10.4 Å². The minimum Gasteiger partial charge on any atom is -0.396 e. The molecule has 1 atom stereocenters. The molecule has 0 radical (unpaired) electrons. The van der Waals surface area contributed by atoms with E-state index in [1.807, 2.05) is 0 Å². The van der Waals surface area contributed by atoms with Crippen molar-refractivity contribution >= 4 is 0 Å². The zero-order chi connectivity index (χ0) is 14.9. The SMILES string of the molecule is CC1(C)CC(NC(CCO)C(C)(C)C)CC(C)(C)C1. The van der Waals surface area contributed by atoms with Crippen LogP contribution in [0.2, 0.25) is 0 Å². The highest BCUT2D eigenvalue weighted by Crippen LogP contribution is 2.46. The molecular formula is C17H35NO. The van der Waals surface area contributed by atoms with Crippen LogP contribution < -0.4 is 5.32 Å². The van der Waals surface area contributed by atoms with E-state index in [2.05, 4.69) is 53.8 Å². The average molecular weight is 269 g/mol. The smallest absolute Gasteiger partial charge is 0.0446 e. The average Bonchev–Trinajstić information content (AvgIpc) is 2.10. The first kappa shape index (κ1) is 17.0. The summed E-state index contributed by atoms with van der Waals surface area (Å²) < 4.78 is 0. The summed E-state index contributed by atoms with van der Waals surface area (Å²) >= 11 is 0. The van der Waals surface area contributed by atoms with E-state index in [-0.39, 0.29) is 12.0 Å². The minimum absolute atomic E-state index is 0.203. The highest BCUT2D eigenvalue weighted by Gasteiger charge is 2.39. The Morgan fingerprint density at radius 1 is 1.11 bits per heavy atom. The van der Waals surface area contributed by atoms with E-state index in [4.69, 9.17) is 0 Å². The second-order valence-electron chi connectivity index (χ2n) is 9.21. The molecule has 0 amide bonds. The second-order valence-corrected chi connectivity index (χ2v) is 9.21. The fourth-order valence-electron chi connectivity index (χ4n) is 4.14. The van der Waals surface area contributed by atoms with Crippen LogP contribution in [0.1, 0.15) is 74.1 Å². The molecule has 19 heavy (non-hydrogen) atoms. The van der Waals surface area contributed by atoms with Crippen LogP contribution in [0, 0.1) is 16.2 Å². The van der Waals surface area contributed by atoms with E-state index in [1.54, 1.807) is 0 Å². The lowest BCUT2D eigenvalue weighted by molar-refractivity contribution is 0.0668. The summed E-state index contributed by atoms with van der Waals surface area (Å²) in [7, 11) is 0. The highest BCUT2D eigenvalue weighted by atomic mass is 16.3. The third kappa shape index (κ3) is 5.43. The van der Waals surface area contributed by atoms with Crippen LogP contribution in [-0.2, 0) is 0 Å². The lowest BCUT2D eigenvalue weighted by Crippen LogP contribution is -2.51. The lowest BCUT2D eigenvalue weighted by atomic mass is 9.63. The molecule has 2 nitrogen and oxygen atoms in total. The van der Waals surface area contributed by atoms with Gasteiger partial charge in [-0.3, -0.25) is 0 Å². The van der Waals surface area contributed by atoms with Crippen molar-refractivity contribution in [1.82, 2.24) is 5.32 Å². The van der Waals surface area contributed by atoms with Crippen LogP contribution in [-0.4, -0.2) is 23.8 Å². The van der Waals surface area contributed by atoms with Gasteiger partial charge >= 0.3 is 0 Å². The maximum Gasteiger partial charge on any atom is 0.0446 e. The van der Waals surface area contributed by atoms with Gasteiger partial charge in [0.05, 0.1) is 0 Å². The Morgan fingerprint density at radius 3 is 1.95 bits per heavy atom. The zero-order valence-corrected chi connectivity index (χ0v) is 14.1. The van der Waals surface area contributed by atoms with Crippen LogP contribution in [0.3, 0.4) is 0 Å². The van der Waals surface area contributed by atoms with Gasteiger partial charge in [0.2, 0.25) is 0 Å². The summed E-state index contributed by atoms with van der Waals surface area (Å²) in [5, 5.41) is 13.1. The van der Waals surface area contributed by atoms with E-state index in [1.165, 1.54) is 19.3 Å². The summed E-state index contributed by atoms with van der Waals surface area (Å²) in [5.41, 5.74) is 1.04. The van der Waals surface area contributed by atoms with Crippen LogP contribution in [0.5, 0.6) is 0 Å². The number of hydrogen-bond donors (Lipinski definition) is 2. The molecule has 1 unspecified atom stereocenters. The summed E-state index contributed by atoms with van der Waals surface area (Å²) in [6, 6.07) is 0.974. The van der Waals surface area contributed by atoms with E-state index >= 15 is 0 Å². The molecule has 0 spiro atoms. The fraction of sp³-hybridized carbons (Fsp3) is 1.00. The number of aliphatic hydroxyl groups excluding tert-OH is 1. The summed E-state index contributed by atoms with van der Waals surface area (Å²) in [5.74, 6) is 0. The Bertz CT molecular complexity index is 272. The van der Waals surface area contributed by atoms with Crippen LogP contribution in [0.4, 0.5) is 0 Å². The first-order valence-corrected chi connectivity index (χ1v) is 7.82. The van der Waals surface area contributed by atoms with Gasteiger partial charge in [-0.05, 0) is 41.9 Å². The van der Waals surface area contributed by atoms with Gasteiger partial charge in [-0.2, -0.15) is 0 Å².